The highest BCUT2D eigenvalue weighted by molar-refractivity contribution is 9.10. The number of nitrogens with zero attached hydrogens (tertiary/aromatic N) is 2. The molecule has 0 bridgehead atoms. The van der Waals surface area contributed by atoms with Gasteiger partial charge >= 0.3 is 5.97 Å². The van der Waals surface area contributed by atoms with Gasteiger partial charge < -0.3 is 4.74 Å². The Morgan fingerprint density at radius 1 is 1.22 bits per heavy atom. The predicted molar refractivity (Wildman–Crippen MR) is 105 cm³/mol. The van der Waals surface area contributed by atoms with Crippen molar-refractivity contribution in [3.05, 3.63) is 58.3 Å². The number of hydrogen-bond donors (Lipinski definition) is 1. The van der Waals surface area contributed by atoms with Crippen molar-refractivity contribution in [1.29, 1.82) is 0 Å². The molecule has 1 heterocycles. The fourth-order valence-corrected chi connectivity index (χ4v) is 4.24. The van der Waals surface area contributed by atoms with Gasteiger partial charge in [0.05, 0.1) is 28.3 Å². The van der Waals surface area contributed by atoms with Gasteiger partial charge in [0.1, 0.15) is 5.52 Å². The molecule has 7 nitrogen and oxygen atoms in total. The third-order valence-electron chi connectivity index (χ3n) is 3.87. The molecule has 1 N–H and O–H groups in total. The molecule has 0 atom stereocenters. The van der Waals surface area contributed by atoms with E-state index in [9.17, 15) is 13.2 Å². The first-order valence-electron chi connectivity index (χ1n) is 8.03. The summed E-state index contributed by atoms with van der Waals surface area (Å²) in [6, 6.07) is 7.77. The Morgan fingerprint density at radius 2 is 1.96 bits per heavy atom. The topological polar surface area (TPSA) is 98.2 Å². The van der Waals surface area contributed by atoms with E-state index < -0.39 is 16.0 Å². The van der Waals surface area contributed by atoms with Crippen LogP contribution >= 0.6 is 15.9 Å². The second-order valence-corrected chi connectivity index (χ2v) is 8.17. The van der Waals surface area contributed by atoms with E-state index in [1.54, 1.807) is 32.0 Å². The van der Waals surface area contributed by atoms with Crippen molar-refractivity contribution in [2.45, 2.75) is 18.7 Å². The van der Waals surface area contributed by atoms with Gasteiger partial charge in [-0.2, -0.15) is 0 Å². The maximum atomic E-state index is 12.9. The lowest BCUT2D eigenvalue weighted by Gasteiger charge is -2.13. The summed E-state index contributed by atoms with van der Waals surface area (Å²) in [6.07, 6.45) is 3.02. The van der Waals surface area contributed by atoms with E-state index in [-0.39, 0.29) is 17.1 Å². The van der Waals surface area contributed by atoms with Crippen molar-refractivity contribution >= 4 is 48.6 Å². The smallest absolute Gasteiger partial charge is 0.338 e. The summed E-state index contributed by atoms with van der Waals surface area (Å²) in [5, 5.41) is 0. The second kappa shape index (κ2) is 7.61. The number of halogens is 1. The van der Waals surface area contributed by atoms with E-state index in [0.29, 0.717) is 26.8 Å². The second-order valence-electron chi connectivity index (χ2n) is 5.63. The normalized spacial score (nSPS) is 11.4. The monoisotopic (exact) mass is 449 g/mol. The van der Waals surface area contributed by atoms with Crippen LogP contribution in [0.5, 0.6) is 0 Å². The molecule has 0 aliphatic heterocycles. The zero-order valence-corrected chi connectivity index (χ0v) is 17.0. The number of anilines is 1. The number of carbonyl (C=O) groups excluding carboxylic acids is 1. The zero-order valence-electron chi connectivity index (χ0n) is 14.6. The van der Waals surface area contributed by atoms with E-state index in [0.717, 1.165) is 0 Å². The molecule has 0 aliphatic carbocycles. The molecule has 0 fully saturated rings. The van der Waals surface area contributed by atoms with E-state index in [1.165, 1.54) is 24.5 Å². The van der Waals surface area contributed by atoms with Crippen LogP contribution in [0, 0.1) is 6.92 Å². The lowest BCUT2D eigenvalue weighted by Crippen LogP contribution is -2.16. The third-order valence-corrected chi connectivity index (χ3v) is 6.04. The molecular weight excluding hydrogens is 434 g/mol. The lowest BCUT2D eigenvalue weighted by atomic mass is 10.1. The molecule has 27 heavy (non-hydrogen) atoms. The molecule has 0 unspecified atom stereocenters. The first-order valence-corrected chi connectivity index (χ1v) is 10.3. The molecule has 0 radical (unpaired) electrons. The summed E-state index contributed by atoms with van der Waals surface area (Å²) in [6.45, 7) is 3.59. The molecule has 0 aliphatic rings. The van der Waals surface area contributed by atoms with Crippen LogP contribution < -0.4 is 4.72 Å². The van der Waals surface area contributed by atoms with Gasteiger partial charge in [-0.25, -0.2) is 13.2 Å². The standard InChI is InChI=1S/C18H16BrN3O4S/c1-3-26-18(23)13-9-12(10-14(19)11(13)2)27(24,25)22-16-6-4-5-15-17(16)21-8-7-20-15/h4-10,22H,3H2,1-2H3. The third kappa shape index (κ3) is 3.93. The van der Waals surface area contributed by atoms with Gasteiger partial charge in [0, 0.05) is 16.9 Å². The minimum Gasteiger partial charge on any atom is -0.462 e. The lowest BCUT2D eigenvalue weighted by molar-refractivity contribution is 0.0525. The highest BCUT2D eigenvalue weighted by Crippen LogP contribution is 2.28. The van der Waals surface area contributed by atoms with Gasteiger partial charge in [-0.3, -0.25) is 14.7 Å². The van der Waals surface area contributed by atoms with Gasteiger partial charge in [0.25, 0.3) is 10.0 Å². The fraction of sp³-hybridized carbons (Fsp3) is 0.167. The van der Waals surface area contributed by atoms with Crippen LogP contribution in [0.3, 0.4) is 0 Å². The maximum absolute atomic E-state index is 12.9. The van der Waals surface area contributed by atoms with Crippen LogP contribution in [-0.2, 0) is 14.8 Å². The highest BCUT2D eigenvalue weighted by Gasteiger charge is 2.22. The number of esters is 1. The average Bonchev–Trinajstić information content (AvgIpc) is 2.64. The predicted octanol–water partition coefficient (Wildman–Crippen LogP) is 3.68. The summed E-state index contributed by atoms with van der Waals surface area (Å²) in [5.74, 6) is -0.580. The van der Waals surface area contributed by atoms with E-state index in [1.807, 2.05) is 0 Å². The van der Waals surface area contributed by atoms with E-state index in [4.69, 9.17) is 4.74 Å². The molecule has 140 valence electrons. The van der Waals surface area contributed by atoms with Crippen LogP contribution in [0.1, 0.15) is 22.8 Å². The first kappa shape index (κ1) is 19.2. The Hall–Kier alpha value is -2.52. The summed E-state index contributed by atoms with van der Waals surface area (Å²) in [4.78, 5) is 20.4. The molecule has 3 rings (SSSR count). The van der Waals surface area contributed by atoms with Gasteiger partial charge in [0.2, 0.25) is 0 Å². The molecule has 0 saturated carbocycles. The highest BCUT2D eigenvalue weighted by atomic mass is 79.9. The van der Waals surface area contributed by atoms with Gasteiger partial charge in [-0.15, -0.1) is 0 Å². The van der Waals surface area contributed by atoms with Crippen LogP contribution in [-0.4, -0.2) is 31.0 Å². The molecular formula is C18H16BrN3O4S. The van der Waals surface area contributed by atoms with Gasteiger partial charge in [0.15, 0.2) is 0 Å². The van der Waals surface area contributed by atoms with E-state index >= 15 is 0 Å². The average molecular weight is 450 g/mol. The number of carbonyl (C=O) groups is 1. The first-order chi connectivity index (χ1) is 12.8. The maximum Gasteiger partial charge on any atom is 0.338 e. The van der Waals surface area contributed by atoms with Crippen molar-refractivity contribution in [2.75, 3.05) is 11.3 Å². The van der Waals surface area contributed by atoms with Crippen molar-refractivity contribution in [3.63, 3.8) is 0 Å². The van der Waals surface area contributed by atoms with Crippen molar-refractivity contribution in [1.82, 2.24) is 9.97 Å². The molecule has 3 aromatic rings. The summed E-state index contributed by atoms with van der Waals surface area (Å²) in [5.41, 5.74) is 2.08. The zero-order chi connectivity index (χ0) is 19.6. The minimum atomic E-state index is -3.97. The number of fused-ring (bicyclic) bond motifs is 1. The Morgan fingerprint density at radius 3 is 2.70 bits per heavy atom. The Balaban J connectivity index is 2.06. The number of hydrogen-bond acceptors (Lipinski definition) is 6. The fourth-order valence-electron chi connectivity index (χ4n) is 2.51. The number of aromatic nitrogens is 2. The molecule has 0 spiro atoms. The van der Waals surface area contributed by atoms with Crippen LogP contribution in [0.2, 0.25) is 0 Å². The minimum absolute atomic E-state index is 0.0658. The quantitative estimate of drug-likeness (QED) is 0.596. The molecule has 9 heteroatoms. The Bertz CT molecular complexity index is 1130. The van der Waals surface area contributed by atoms with Gasteiger partial charge in [-0.1, -0.05) is 22.0 Å². The van der Waals surface area contributed by atoms with Crippen molar-refractivity contribution < 1.29 is 17.9 Å². The molecule has 1 aromatic heterocycles. The van der Waals surface area contributed by atoms with E-state index in [2.05, 4.69) is 30.6 Å². The van der Waals surface area contributed by atoms with Crippen molar-refractivity contribution in [3.8, 4) is 0 Å². The largest absolute Gasteiger partial charge is 0.462 e. The number of ether oxygens (including phenoxy) is 1. The Labute approximate surface area is 165 Å². The SMILES string of the molecule is CCOC(=O)c1cc(S(=O)(=O)Nc2cccc3nccnc23)cc(Br)c1C. The molecule has 2 aromatic carbocycles. The van der Waals surface area contributed by atoms with Gasteiger partial charge in [-0.05, 0) is 43.7 Å². The summed E-state index contributed by atoms with van der Waals surface area (Å²) < 4.78 is 33.8. The number of sulfonamides is 1. The van der Waals surface area contributed by atoms with Crippen molar-refractivity contribution in [2.24, 2.45) is 0 Å². The molecule has 0 amide bonds. The van der Waals surface area contributed by atoms with Crippen LogP contribution in [0.4, 0.5) is 5.69 Å². The summed E-state index contributed by atoms with van der Waals surface area (Å²) >= 11 is 3.31. The molecule has 0 saturated heterocycles. The number of nitrogens with one attached hydrogen (secondary N) is 1. The summed E-state index contributed by atoms with van der Waals surface area (Å²) in [7, 11) is -3.97. The van der Waals surface area contributed by atoms with Crippen LogP contribution in [0.15, 0.2) is 52.1 Å². The Kier molecular flexibility index (Phi) is 5.43. The van der Waals surface area contributed by atoms with Crippen LogP contribution in [0.25, 0.3) is 11.0 Å². The number of para-hydroxylation sites is 1. The number of benzene rings is 2. The number of rotatable bonds is 5.